The summed E-state index contributed by atoms with van der Waals surface area (Å²) in [6.45, 7) is 14.2. The number of aromatic amines is 1. The quantitative estimate of drug-likeness (QED) is 0.0512. The fourth-order valence-corrected chi connectivity index (χ4v) is 9.38. The van der Waals surface area contributed by atoms with E-state index in [1.807, 2.05) is 78.9 Å². The monoisotopic (exact) mass is 798 g/mol. The van der Waals surface area contributed by atoms with Crippen LogP contribution in [-0.2, 0) is 28.9 Å². The molecule has 0 spiro atoms. The molecule has 6 rings (SSSR count). The number of aromatic nitrogens is 2. The van der Waals surface area contributed by atoms with Crippen molar-refractivity contribution < 1.29 is 32.7 Å². The molecule has 2 aliphatic heterocycles. The number of nitrogens with zero attached hydrogens (tertiary/aromatic N) is 3. The van der Waals surface area contributed by atoms with E-state index >= 15 is 0 Å². The van der Waals surface area contributed by atoms with Crippen LogP contribution in [0.15, 0.2) is 107 Å². The van der Waals surface area contributed by atoms with E-state index in [9.17, 15) is 14.9 Å². The van der Waals surface area contributed by atoms with Gasteiger partial charge in [0, 0.05) is 23.8 Å². The van der Waals surface area contributed by atoms with Gasteiger partial charge in [0.25, 0.3) is 14.1 Å². The Balaban J connectivity index is 1.54. The Labute approximate surface area is 334 Å². The molecule has 0 radical (unpaired) electrons. The van der Waals surface area contributed by atoms with Gasteiger partial charge >= 0.3 is 5.69 Å². The Morgan fingerprint density at radius 2 is 1.54 bits per heavy atom. The number of nitrogens with one attached hydrogen (secondary N) is 1. The first-order chi connectivity index (χ1) is 27.4. The molecule has 14 heteroatoms. The molecule has 2 aliphatic rings. The Morgan fingerprint density at radius 3 is 2.09 bits per heavy atom. The molecule has 0 aliphatic carbocycles. The summed E-state index contributed by atoms with van der Waals surface area (Å²) in [7, 11) is 1.39. The van der Waals surface area contributed by atoms with E-state index in [-0.39, 0.29) is 38.3 Å². The zero-order chi connectivity index (χ0) is 40.9. The number of hydrogen-bond acceptors (Lipinski definition) is 11. The van der Waals surface area contributed by atoms with Crippen LogP contribution in [0.4, 0.5) is 0 Å². The summed E-state index contributed by atoms with van der Waals surface area (Å²) in [4.78, 5) is 28.5. The van der Waals surface area contributed by atoms with Crippen LogP contribution in [0.25, 0.3) is 0 Å². The molecule has 1 N–H and O–H groups in total. The van der Waals surface area contributed by atoms with Gasteiger partial charge in [0.05, 0.1) is 45.8 Å². The van der Waals surface area contributed by atoms with Crippen LogP contribution in [-0.4, -0.2) is 72.2 Å². The van der Waals surface area contributed by atoms with Gasteiger partial charge in [-0.25, -0.2) is 9.46 Å². The first kappa shape index (κ1) is 42.0. The molecule has 0 amide bonds. The van der Waals surface area contributed by atoms with Crippen LogP contribution >= 0.6 is 8.53 Å². The predicted octanol–water partition coefficient (Wildman–Crippen LogP) is 6.96. The average Bonchev–Trinajstić information content (AvgIpc) is 3.43. The van der Waals surface area contributed by atoms with Crippen molar-refractivity contribution >= 4 is 8.53 Å². The number of methoxy groups -OCH3 is 2. The first-order valence-corrected chi connectivity index (χ1v) is 20.1. The highest BCUT2D eigenvalue weighted by Crippen LogP contribution is 2.58. The van der Waals surface area contributed by atoms with Crippen LogP contribution in [0.3, 0.4) is 0 Å². The van der Waals surface area contributed by atoms with Gasteiger partial charge in [0.1, 0.15) is 29.8 Å². The second-order valence-corrected chi connectivity index (χ2v) is 16.0. The maximum Gasteiger partial charge on any atom is 0.330 e. The summed E-state index contributed by atoms with van der Waals surface area (Å²) in [5.41, 5.74) is 0.948. The minimum atomic E-state index is -1.84. The van der Waals surface area contributed by atoms with E-state index in [2.05, 4.69) is 50.0 Å². The van der Waals surface area contributed by atoms with Crippen molar-refractivity contribution in [3.63, 3.8) is 0 Å². The third-order valence-corrected chi connectivity index (χ3v) is 12.4. The Kier molecular flexibility index (Phi) is 13.2. The van der Waals surface area contributed by atoms with Gasteiger partial charge in [-0.05, 0) is 81.1 Å². The molecule has 4 aromatic rings. The van der Waals surface area contributed by atoms with Crippen LogP contribution in [0.5, 0.6) is 11.5 Å². The largest absolute Gasteiger partial charge is 0.497 e. The van der Waals surface area contributed by atoms with Crippen molar-refractivity contribution in [2.45, 2.75) is 76.8 Å². The molecule has 2 saturated heterocycles. The first-order valence-electron chi connectivity index (χ1n) is 18.9. The number of aryl methyl sites for hydroxylation is 1. The Bertz CT molecular complexity index is 2100. The molecule has 2 fully saturated rings. The molecule has 302 valence electrons. The van der Waals surface area contributed by atoms with E-state index in [0.717, 1.165) is 16.7 Å². The molecule has 3 heterocycles. The smallest absolute Gasteiger partial charge is 0.330 e. The van der Waals surface area contributed by atoms with E-state index in [1.54, 1.807) is 21.1 Å². The van der Waals surface area contributed by atoms with Crippen LogP contribution in [0.1, 0.15) is 62.6 Å². The molecule has 5 atom stereocenters. The maximum absolute atomic E-state index is 13.6. The van der Waals surface area contributed by atoms with Crippen molar-refractivity contribution in [2.24, 2.45) is 5.92 Å². The summed E-state index contributed by atoms with van der Waals surface area (Å²) in [5, 5.41) is 9.43. The summed E-state index contributed by atoms with van der Waals surface area (Å²) in [6, 6.07) is 27.3. The fraction of sp³-hybridized carbons (Fsp3) is 0.419. The highest BCUT2D eigenvalue weighted by atomic mass is 31.2. The van der Waals surface area contributed by atoms with Gasteiger partial charge in [-0.15, -0.1) is 0 Å². The molecule has 3 aromatic carbocycles. The third-order valence-electron chi connectivity index (χ3n) is 10.3. The van der Waals surface area contributed by atoms with E-state index in [4.69, 9.17) is 32.7 Å². The van der Waals surface area contributed by atoms with Crippen molar-refractivity contribution in [1.29, 1.82) is 5.26 Å². The van der Waals surface area contributed by atoms with Gasteiger partial charge in [-0.2, -0.15) is 5.26 Å². The van der Waals surface area contributed by atoms with Crippen molar-refractivity contribution in [3.8, 4) is 17.6 Å². The molecule has 0 saturated carbocycles. The second kappa shape index (κ2) is 17.9. The van der Waals surface area contributed by atoms with Crippen molar-refractivity contribution in [3.05, 3.63) is 140 Å². The van der Waals surface area contributed by atoms with Gasteiger partial charge in [0.2, 0.25) is 5.79 Å². The molecule has 2 unspecified atom stereocenters. The van der Waals surface area contributed by atoms with Crippen molar-refractivity contribution in [1.82, 2.24) is 14.2 Å². The summed E-state index contributed by atoms with van der Waals surface area (Å²) in [5.74, 6) is -0.942. The minimum absolute atomic E-state index is 0.00665. The van der Waals surface area contributed by atoms with E-state index in [1.165, 1.54) is 10.8 Å². The lowest BCUT2D eigenvalue weighted by atomic mass is 9.79. The number of ether oxygens (including phenoxy) is 5. The zero-order valence-electron chi connectivity index (χ0n) is 33.5. The fourth-order valence-electron chi connectivity index (χ4n) is 7.59. The van der Waals surface area contributed by atoms with Crippen LogP contribution < -0.4 is 20.7 Å². The average molecular weight is 799 g/mol. The Hall–Kier alpha value is -4.64. The highest BCUT2D eigenvalue weighted by molar-refractivity contribution is 7.44. The number of benzene rings is 3. The SMILES string of the molecule is C=C1CO[C@]2(COC(c3ccccc3)(c3ccc(OC)cc3)c3ccc(OC)cc3)O[C@@H](n3cc(C)c(=O)[nH]c3=O)C1[C@@H]2OP(OCCC#N)N(C(C)C)C(C)C. The molecule has 1 aromatic heterocycles. The van der Waals surface area contributed by atoms with E-state index < -0.39 is 49.4 Å². The lowest BCUT2D eigenvalue weighted by Gasteiger charge is -2.45. The predicted molar refractivity (Wildman–Crippen MR) is 216 cm³/mol. The minimum Gasteiger partial charge on any atom is -0.497 e. The van der Waals surface area contributed by atoms with Crippen molar-refractivity contribution in [2.75, 3.05) is 34.0 Å². The topological polar surface area (TPSA) is 146 Å². The van der Waals surface area contributed by atoms with Gasteiger partial charge in [-0.1, -0.05) is 61.2 Å². The molecule has 13 nitrogen and oxygen atoms in total. The standard InChI is InChI=1S/C43H51N4O9P/c1-28(2)47(29(3)4)57(54-24-12-23-44)56-38-37-31(6)26-52-42(38,55-40(37)46-25-30(5)39(48)45-41(46)49)27-53-43(32-13-10-9-11-14-32,33-15-19-35(50-7)20-16-33)34-17-21-36(51-8)22-18-34/h9-11,13-22,25,28-29,37-38,40H,6,12,24,26-27H2,1-5,7-8H3,(H,45,48,49)/t37?,38-,40+,42+,57?/m0/s1. The highest BCUT2D eigenvalue weighted by Gasteiger charge is 2.64. The van der Waals surface area contributed by atoms with Gasteiger partial charge in [-0.3, -0.25) is 14.3 Å². The lowest BCUT2D eigenvalue weighted by Crippen LogP contribution is -2.54. The lowest BCUT2D eigenvalue weighted by molar-refractivity contribution is -0.290. The summed E-state index contributed by atoms with van der Waals surface area (Å²) in [6.07, 6.45) is -0.301. The van der Waals surface area contributed by atoms with Gasteiger partial charge in [0.15, 0.2) is 6.23 Å². The normalized spacial score (nSPS) is 21.2. The molecular formula is C43H51N4O9P. The Morgan fingerprint density at radius 1 is 0.965 bits per heavy atom. The zero-order valence-corrected chi connectivity index (χ0v) is 34.4. The van der Waals surface area contributed by atoms with Crippen LogP contribution in [0, 0.1) is 24.2 Å². The maximum atomic E-state index is 13.6. The van der Waals surface area contributed by atoms with Crippen LogP contribution in [0.2, 0.25) is 0 Å². The number of rotatable bonds is 17. The number of nitriles is 1. The summed E-state index contributed by atoms with van der Waals surface area (Å²) >= 11 is 0. The molecular weight excluding hydrogens is 747 g/mol. The van der Waals surface area contributed by atoms with E-state index in [0.29, 0.717) is 22.6 Å². The second-order valence-electron chi connectivity index (χ2n) is 14.6. The third kappa shape index (κ3) is 8.36. The molecule has 2 bridgehead atoms. The molecule has 57 heavy (non-hydrogen) atoms. The summed E-state index contributed by atoms with van der Waals surface area (Å²) < 4.78 is 49.1. The number of hydrogen-bond donors (Lipinski definition) is 1. The number of fused-ring (bicyclic) bond motifs is 2. The van der Waals surface area contributed by atoms with Gasteiger partial charge < -0.3 is 32.7 Å². The number of H-pyrrole nitrogens is 1.